The van der Waals surface area contributed by atoms with Crippen LogP contribution in [-0.2, 0) is 9.53 Å². The quantitative estimate of drug-likeness (QED) is 0.534. The highest BCUT2D eigenvalue weighted by atomic mass is 35.5. The molecule has 10 heteroatoms. The summed E-state index contributed by atoms with van der Waals surface area (Å²) in [5.41, 5.74) is 0.632. The monoisotopic (exact) mass is 473 g/mol. The number of amides is 3. The second-order valence-electron chi connectivity index (χ2n) is 8.59. The molecule has 1 aromatic carbocycles. The van der Waals surface area contributed by atoms with Gasteiger partial charge in [0.25, 0.3) is 11.8 Å². The van der Waals surface area contributed by atoms with Gasteiger partial charge in [0.1, 0.15) is 5.69 Å². The molecular weight excluding hydrogens is 446 g/mol. The van der Waals surface area contributed by atoms with Crippen LogP contribution in [0.25, 0.3) is 0 Å². The Balaban J connectivity index is 1.34. The van der Waals surface area contributed by atoms with Crippen LogP contribution in [0.5, 0.6) is 0 Å². The summed E-state index contributed by atoms with van der Waals surface area (Å²) in [7, 11) is 1.54. The number of benzene rings is 1. The molecule has 2 aliphatic rings. The van der Waals surface area contributed by atoms with Crippen LogP contribution >= 0.6 is 11.6 Å². The third kappa shape index (κ3) is 4.89. The molecule has 3 N–H and O–H groups in total. The van der Waals surface area contributed by atoms with E-state index in [1.165, 1.54) is 6.33 Å². The van der Waals surface area contributed by atoms with Crippen molar-refractivity contribution in [2.45, 2.75) is 38.1 Å². The molecule has 3 amide bonds. The SMILES string of the molecule is COCCNC(=O)c1nc[nH]c1C(=O)N[C@H]1CC[C@@]2(CCN(c3cccc(Cl)c3)C2=O)CC1. The number of aromatic nitrogens is 2. The number of carbonyl (C=O) groups excluding carboxylic acids is 3. The van der Waals surface area contributed by atoms with Crippen LogP contribution in [0.1, 0.15) is 53.1 Å². The van der Waals surface area contributed by atoms with Crippen molar-refractivity contribution < 1.29 is 19.1 Å². The van der Waals surface area contributed by atoms with E-state index in [2.05, 4.69) is 20.6 Å². The summed E-state index contributed by atoms with van der Waals surface area (Å²) < 4.78 is 4.92. The smallest absolute Gasteiger partial charge is 0.272 e. The first-order valence-corrected chi connectivity index (χ1v) is 11.5. The first-order chi connectivity index (χ1) is 15.9. The molecule has 2 heterocycles. The zero-order valence-corrected chi connectivity index (χ0v) is 19.3. The van der Waals surface area contributed by atoms with Crippen molar-refractivity contribution in [1.29, 1.82) is 0 Å². The topological polar surface area (TPSA) is 116 Å². The molecule has 0 unspecified atom stereocenters. The van der Waals surface area contributed by atoms with Gasteiger partial charge in [-0.25, -0.2) is 4.98 Å². The average Bonchev–Trinajstić information content (AvgIpc) is 3.42. The van der Waals surface area contributed by atoms with Gasteiger partial charge in [-0.2, -0.15) is 0 Å². The van der Waals surface area contributed by atoms with E-state index in [4.69, 9.17) is 16.3 Å². The lowest BCUT2D eigenvalue weighted by molar-refractivity contribution is -0.127. The Morgan fingerprint density at radius 1 is 1.27 bits per heavy atom. The molecule has 33 heavy (non-hydrogen) atoms. The fourth-order valence-electron chi connectivity index (χ4n) is 4.74. The van der Waals surface area contributed by atoms with Gasteiger partial charge in [-0.1, -0.05) is 17.7 Å². The number of hydrogen-bond donors (Lipinski definition) is 3. The van der Waals surface area contributed by atoms with E-state index in [1.807, 2.05) is 23.1 Å². The van der Waals surface area contributed by atoms with Gasteiger partial charge in [0.15, 0.2) is 5.69 Å². The second kappa shape index (κ2) is 9.93. The normalized spacial score (nSPS) is 22.5. The zero-order valence-electron chi connectivity index (χ0n) is 18.5. The first-order valence-electron chi connectivity index (χ1n) is 11.1. The third-order valence-electron chi connectivity index (χ3n) is 6.58. The van der Waals surface area contributed by atoms with Crippen molar-refractivity contribution in [3.8, 4) is 0 Å². The highest BCUT2D eigenvalue weighted by Crippen LogP contribution is 2.46. The Morgan fingerprint density at radius 2 is 2.06 bits per heavy atom. The number of halogens is 1. The number of methoxy groups -OCH3 is 1. The molecule has 0 atom stereocenters. The third-order valence-corrected chi connectivity index (χ3v) is 6.82. The highest BCUT2D eigenvalue weighted by molar-refractivity contribution is 6.31. The van der Waals surface area contributed by atoms with E-state index in [-0.39, 0.29) is 34.7 Å². The maximum Gasteiger partial charge on any atom is 0.272 e. The first kappa shape index (κ1) is 23.3. The number of H-pyrrole nitrogens is 1. The molecule has 176 valence electrons. The zero-order chi connectivity index (χ0) is 23.4. The standard InChI is InChI=1S/C23H28ClN5O4/c1-33-12-10-25-20(30)18-19(27-14-26-18)21(31)28-16-5-7-23(8-6-16)9-11-29(22(23)32)17-4-2-3-15(24)13-17/h2-4,13-14,16H,5-12H2,1H3,(H,25,30)(H,26,27)(H,28,31)/t16-,23-. The average molecular weight is 474 g/mol. The van der Waals surface area contributed by atoms with E-state index in [0.717, 1.165) is 12.1 Å². The van der Waals surface area contributed by atoms with Crippen LogP contribution in [-0.4, -0.2) is 60.5 Å². The molecule has 2 aromatic rings. The van der Waals surface area contributed by atoms with Crippen molar-refractivity contribution in [1.82, 2.24) is 20.6 Å². The van der Waals surface area contributed by atoms with E-state index < -0.39 is 5.91 Å². The summed E-state index contributed by atoms with van der Waals surface area (Å²) in [4.78, 5) is 46.9. The van der Waals surface area contributed by atoms with E-state index in [9.17, 15) is 14.4 Å². The maximum atomic E-state index is 13.3. The molecule has 0 radical (unpaired) electrons. The lowest BCUT2D eigenvalue weighted by Crippen LogP contribution is -2.44. The predicted molar refractivity (Wildman–Crippen MR) is 123 cm³/mol. The van der Waals surface area contributed by atoms with Gasteiger partial charge in [0, 0.05) is 37.0 Å². The number of nitrogens with one attached hydrogen (secondary N) is 3. The van der Waals surface area contributed by atoms with Crippen LogP contribution in [0.3, 0.4) is 0 Å². The van der Waals surface area contributed by atoms with E-state index in [1.54, 1.807) is 13.2 Å². The van der Waals surface area contributed by atoms with Gasteiger partial charge < -0.3 is 25.3 Å². The van der Waals surface area contributed by atoms with E-state index in [0.29, 0.717) is 50.4 Å². The predicted octanol–water partition coefficient (Wildman–Crippen LogP) is 2.54. The largest absolute Gasteiger partial charge is 0.383 e. The number of nitrogens with zero attached hydrogens (tertiary/aromatic N) is 2. The maximum absolute atomic E-state index is 13.3. The van der Waals surface area contributed by atoms with Crippen molar-refractivity contribution >= 4 is 35.0 Å². The molecule has 1 saturated carbocycles. The van der Waals surface area contributed by atoms with Crippen LogP contribution < -0.4 is 15.5 Å². The molecule has 1 spiro atoms. The number of imidazole rings is 1. The van der Waals surface area contributed by atoms with Crippen molar-refractivity contribution in [2.75, 3.05) is 31.7 Å². The van der Waals surface area contributed by atoms with Gasteiger partial charge in [-0.3, -0.25) is 14.4 Å². The summed E-state index contributed by atoms with van der Waals surface area (Å²) in [6, 6.07) is 7.30. The number of ether oxygens (including phenoxy) is 1. The van der Waals surface area contributed by atoms with Gasteiger partial charge >= 0.3 is 0 Å². The van der Waals surface area contributed by atoms with Crippen molar-refractivity contribution in [2.24, 2.45) is 5.41 Å². The van der Waals surface area contributed by atoms with Crippen LogP contribution in [0.4, 0.5) is 5.69 Å². The minimum atomic E-state index is -0.432. The summed E-state index contributed by atoms with van der Waals surface area (Å²) >= 11 is 6.10. The van der Waals surface area contributed by atoms with Gasteiger partial charge in [0.2, 0.25) is 5.91 Å². The van der Waals surface area contributed by atoms with Gasteiger partial charge in [-0.15, -0.1) is 0 Å². The molecule has 2 fully saturated rings. The lowest BCUT2D eigenvalue weighted by atomic mass is 9.71. The molecule has 1 aliphatic carbocycles. The Bertz CT molecular complexity index is 1030. The number of rotatable bonds is 7. The molecule has 4 rings (SSSR count). The molecule has 1 saturated heterocycles. The van der Waals surface area contributed by atoms with Crippen LogP contribution in [0.15, 0.2) is 30.6 Å². The summed E-state index contributed by atoms with van der Waals surface area (Å²) in [6.07, 6.45) is 4.94. The number of carbonyl (C=O) groups is 3. The second-order valence-corrected chi connectivity index (χ2v) is 9.03. The Hall–Kier alpha value is -2.91. The van der Waals surface area contributed by atoms with Crippen LogP contribution in [0, 0.1) is 5.41 Å². The molecule has 1 aromatic heterocycles. The number of hydrogen-bond acceptors (Lipinski definition) is 5. The fourth-order valence-corrected chi connectivity index (χ4v) is 4.92. The van der Waals surface area contributed by atoms with E-state index >= 15 is 0 Å². The fraction of sp³-hybridized carbons (Fsp3) is 0.478. The van der Waals surface area contributed by atoms with Gasteiger partial charge in [0.05, 0.1) is 18.3 Å². The van der Waals surface area contributed by atoms with Gasteiger partial charge in [-0.05, 0) is 50.3 Å². The Labute approximate surface area is 197 Å². The highest BCUT2D eigenvalue weighted by Gasteiger charge is 2.48. The molecule has 0 bridgehead atoms. The van der Waals surface area contributed by atoms with Crippen LogP contribution in [0.2, 0.25) is 5.02 Å². The summed E-state index contributed by atoms with van der Waals surface area (Å²) in [6.45, 7) is 1.37. The summed E-state index contributed by atoms with van der Waals surface area (Å²) in [5, 5.41) is 6.27. The molecule has 1 aliphatic heterocycles. The number of anilines is 1. The molecular formula is C23H28ClN5O4. The Kier molecular flexibility index (Phi) is 6.99. The molecule has 9 nitrogen and oxygen atoms in total. The summed E-state index contributed by atoms with van der Waals surface area (Å²) in [5.74, 6) is -0.666. The minimum Gasteiger partial charge on any atom is -0.383 e. The number of aromatic amines is 1. The lowest BCUT2D eigenvalue weighted by Gasteiger charge is -2.36. The Morgan fingerprint density at radius 3 is 2.79 bits per heavy atom. The van der Waals surface area contributed by atoms with Crippen molar-refractivity contribution in [3.05, 3.63) is 47.0 Å². The van der Waals surface area contributed by atoms with Crippen molar-refractivity contribution in [3.63, 3.8) is 0 Å². The minimum absolute atomic E-state index is 0.0546.